The molecule has 2 amide bonds. The fraction of sp³-hybridized carbons (Fsp3) is 0.500. The van der Waals surface area contributed by atoms with E-state index in [4.69, 9.17) is 9.47 Å². The van der Waals surface area contributed by atoms with Crippen molar-refractivity contribution in [3.63, 3.8) is 0 Å². The summed E-state index contributed by atoms with van der Waals surface area (Å²) in [5.74, 6) is -0.718. The molecule has 0 radical (unpaired) electrons. The topological polar surface area (TPSA) is 145 Å². The predicted octanol–water partition coefficient (Wildman–Crippen LogP) is 4.31. The number of Topliss-reactive ketones (excluding diaryl/α,β-unsaturated/α-hetero) is 1. The van der Waals surface area contributed by atoms with Crippen LogP contribution in [-0.2, 0) is 41.7 Å². The maximum atomic E-state index is 13.8. The Bertz CT molecular complexity index is 1610. The number of hydrogen-bond acceptors (Lipinski definition) is 9. The van der Waals surface area contributed by atoms with Gasteiger partial charge in [0.05, 0.1) is 23.5 Å². The van der Waals surface area contributed by atoms with Crippen molar-refractivity contribution >= 4 is 29.3 Å². The van der Waals surface area contributed by atoms with Crippen molar-refractivity contribution in [1.82, 2.24) is 25.6 Å². The van der Waals surface area contributed by atoms with Gasteiger partial charge in [0.1, 0.15) is 24.6 Å². The molecular weight excluding hydrogens is 612 g/mol. The Balaban J connectivity index is 1.43. The highest BCUT2D eigenvalue weighted by Crippen LogP contribution is 2.41. The van der Waals surface area contributed by atoms with Gasteiger partial charge < -0.3 is 25.0 Å². The van der Waals surface area contributed by atoms with Gasteiger partial charge in [0.25, 0.3) is 0 Å². The lowest BCUT2D eigenvalue weighted by molar-refractivity contribution is -0.144. The lowest BCUT2D eigenvalue weighted by atomic mass is 9.86. The summed E-state index contributed by atoms with van der Waals surface area (Å²) in [4.78, 5) is 52.7. The number of aromatic nitrogens is 3. The number of para-hydroxylation sites is 1. The first-order valence-corrected chi connectivity index (χ1v) is 16.5. The smallest absolute Gasteiger partial charge is 0.327 e. The molecule has 12 heteroatoms. The third kappa shape index (κ3) is 9.35. The number of ether oxygens (including phenoxy) is 2. The highest BCUT2D eigenvalue weighted by molar-refractivity contribution is 6.01. The highest BCUT2D eigenvalue weighted by atomic mass is 16.5. The number of rotatable bonds is 16. The number of likely N-dealkylation sites (N-methyl/N-ethyl adjacent to an activating group) is 1. The molecule has 4 rings (SSSR count). The SMILES string of the molecule is CNCCOC(=O)Cn1nnc2c1-c1ccccc1CN(C(=O)CCC(=O)NCCC(C)(C)OCCC(C)(C)C(C)=O)c1ccccc1-2. The van der Waals surface area contributed by atoms with Crippen LogP contribution >= 0.6 is 0 Å². The van der Waals surface area contributed by atoms with Crippen LogP contribution in [0.4, 0.5) is 5.69 Å². The Labute approximate surface area is 282 Å². The van der Waals surface area contributed by atoms with Gasteiger partial charge in [0.15, 0.2) is 0 Å². The Morgan fingerprint density at radius 2 is 1.60 bits per heavy atom. The van der Waals surface area contributed by atoms with Gasteiger partial charge in [-0.1, -0.05) is 61.5 Å². The van der Waals surface area contributed by atoms with E-state index in [0.29, 0.717) is 55.2 Å². The number of ketones is 1. The van der Waals surface area contributed by atoms with Crippen LogP contribution in [0, 0.1) is 5.41 Å². The molecule has 0 atom stereocenters. The van der Waals surface area contributed by atoms with Crippen LogP contribution in [0.1, 0.15) is 65.9 Å². The lowest BCUT2D eigenvalue weighted by Crippen LogP contribution is -2.35. The molecule has 0 saturated heterocycles. The fourth-order valence-electron chi connectivity index (χ4n) is 5.36. The Hall–Kier alpha value is -4.42. The van der Waals surface area contributed by atoms with E-state index in [1.54, 1.807) is 23.6 Å². The third-order valence-electron chi connectivity index (χ3n) is 8.77. The number of amides is 2. The summed E-state index contributed by atoms with van der Waals surface area (Å²) in [7, 11) is 1.78. The summed E-state index contributed by atoms with van der Waals surface area (Å²) >= 11 is 0. The number of nitrogens with zero attached hydrogens (tertiary/aromatic N) is 4. The summed E-state index contributed by atoms with van der Waals surface area (Å²) in [6.07, 6.45) is 1.25. The molecule has 1 aliphatic heterocycles. The van der Waals surface area contributed by atoms with Crippen LogP contribution in [-0.4, -0.2) is 77.5 Å². The average molecular weight is 661 g/mol. The molecule has 2 heterocycles. The van der Waals surface area contributed by atoms with Gasteiger partial charge in [-0.3, -0.25) is 19.2 Å². The van der Waals surface area contributed by atoms with Crippen molar-refractivity contribution in [1.29, 1.82) is 0 Å². The van der Waals surface area contributed by atoms with Crippen LogP contribution in [0.25, 0.3) is 22.5 Å². The van der Waals surface area contributed by atoms with E-state index in [1.807, 2.05) is 76.2 Å². The van der Waals surface area contributed by atoms with Crippen LogP contribution in [0.2, 0.25) is 0 Å². The molecule has 12 nitrogen and oxygen atoms in total. The number of nitrogens with one attached hydrogen (secondary N) is 2. The second kappa shape index (κ2) is 16.1. The molecule has 258 valence electrons. The minimum Gasteiger partial charge on any atom is -0.463 e. The second-order valence-corrected chi connectivity index (χ2v) is 13.3. The van der Waals surface area contributed by atoms with E-state index in [2.05, 4.69) is 20.9 Å². The molecule has 3 aromatic rings. The third-order valence-corrected chi connectivity index (χ3v) is 8.77. The number of benzene rings is 2. The molecule has 1 aliphatic rings. The molecule has 0 fully saturated rings. The summed E-state index contributed by atoms with van der Waals surface area (Å²) in [6.45, 7) is 11.1. The van der Waals surface area contributed by atoms with E-state index in [-0.39, 0.29) is 50.1 Å². The molecule has 0 spiro atoms. The van der Waals surface area contributed by atoms with Crippen LogP contribution in [0.15, 0.2) is 48.5 Å². The molecule has 0 unspecified atom stereocenters. The molecular formula is C36H48N6O6. The van der Waals surface area contributed by atoms with E-state index in [1.165, 1.54) is 0 Å². The number of anilines is 1. The number of carbonyl (C=O) groups is 4. The Morgan fingerprint density at radius 3 is 2.33 bits per heavy atom. The average Bonchev–Trinajstić information content (AvgIpc) is 3.44. The van der Waals surface area contributed by atoms with E-state index in [0.717, 1.165) is 11.1 Å². The van der Waals surface area contributed by atoms with Crippen LogP contribution in [0.5, 0.6) is 0 Å². The number of carbonyl (C=O) groups excluding carboxylic acids is 4. The number of hydrogen-bond donors (Lipinski definition) is 2. The molecule has 0 saturated carbocycles. The van der Waals surface area contributed by atoms with Gasteiger partial charge in [-0.2, -0.15) is 0 Å². The zero-order chi connectivity index (χ0) is 34.9. The molecule has 2 N–H and O–H groups in total. The normalized spacial score (nSPS) is 12.7. The highest BCUT2D eigenvalue weighted by Gasteiger charge is 2.30. The summed E-state index contributed by atoms with van der Waals surface area (Å²) < 4.78 is 12.9. The van der Waals surface area contributed by atoms with Crippen molar-refractivity contribution in [3.05, 3.63) is 54.1 Å². The maximum Gasteiger partial charge on any atom is 0.327 e. The Kier molecular flexibility index (Phi) is 12.2. The van der Waals surface area contributed by atoms with Crippen molar-refractivity contribution < 1.29 is 28.7 Å². The van der Waals surface area contributed by atoms with Gasteiger partial charge in [0.2, 0.25) is 11.8 Å². The number of esters is 1. The van der Waals surface area contributed by atoms with E-state index >= 15 is 0 Å². The monoisotopic (exact) mass is 660 g/mol. The van der Waals surface area contributed by atoms with Gasteiger partial charge in [-0.15, -0.1) is 5.10 Å². The Morgan fingerprint density at radius 1 is 0.896 bits per heavy atom. The van der Waals surface area contributed by atoms with Crippen LogP contribution in [0.3, 0.4) is 0 Å². The maximum absolute atomic E-state index is 13.8. The first-order valence-electron chi connectivity index (χ1n) is 16.5. The molecule has 48 heavy (non-hydrogen) atoms. The van der Waals surface area contributed by atoms with Gasteiger partial charge in [0, 0.05) is 49.1 Å². The molecule has 1 aromatic heterocycles. The molecule has 0 bridgehead atoms. The van der Waals surface area contributed by atoms with E-state index < -0.39 is 17.0 Å². The van der Waals surface area contributed by atoms with Crippen molar-refractivity contribution in [2.24, 2.45) is 5.41 Å². The summed E-state index contributed by atoms with van der Waals surface area (Å²) in [5.41, 5.74) is 3.31. The van der Waals surface area contributed by atoms with Crippen molar-refractivity contribution in [2.75, 3.05) is 38.3 Å². The lowest BCUT2D eigenvalue weighted by Gasteiger charge is -2.29. The first kappa shape index (κ1) is 36.4. The van der Waals surface area contributed by atoms with Crippen molar-refractivity contribution in [2.45, 2.75) is 79.0 Å². The van der Waals surface area contributed by atoms with Crippen LogP contribution < -0.4 is 15.5 Å². The minimum atomic E-state index is -0.481. The predicted molar refractivity (Wildman–Crippen MR) is 183 cm³/mol. The molecule has 0 aliphatic carbocycles. The largest absolute Gasteiger partial charge is 0.463 e. The fourth-order valence-corrected chi connectivity index (χ4v) is 5.36. The first-order chi connectivity index (χ1) is 22.8. The zero-order valence-corrected chi connectivity index (χ0v) is 28.9. The van der Waals surface area contributed by atoms with Gasteiger partial charge >= 0.3 is 5.97 Å². The van der Waals surface area contributed by atoms with Crippen molar-refractivity contribution in [3.8, 4) is 22.5 Å². The van der Waals surface area contributed by atoms with E-state index in [9.17, 15) is 19.2 Å². The second-order valence-electron chi connectivity index (χ2n) is 13.3. The minimum absolute atomic E-state index is 0.0142. The number of fused-ring (bicyclic) bond motifs is 5. The zero-order valence-electron chi connectivity index (χ0n) is 28.9. The summed E-state index contributed by atoms with van der Waals surface area (Å²) in [5, 5.41) is 14.7. The van der Waals surface area contributed by atoms with Gasteiger partial charge in [-0.25, -0.2) is 4.68 Å². The quantitative estimate of drug-likeness (QED) is 0.170. The summed E-state index contributed by atoms with van der Waals surface area (Å²) in [6, 6.07) is 15.1. The standard InChI is InChI=1S/C36H48N6O6/c1-25(43)35(2,3)18-21-48-36(4,5)17-19-38-30(44)15-16-31(45)41-23-26-11-7-8-12-27(26)34-33(28-13-9-10-14-29(28)41)39-40-42(34)24-32(46)47-22-20-37-6/h7-14,37H,15-24H2,1-6H3,(H,38,44). The molecule has 2 aromatic carbocycles. The van der Waals surface area contributed by atoms with Gasteiger partial charge in [-0.05, 0) is 52.3 Å².